The van der Waals surface area contributed by atoms with Crippen molar-refractivity contribution in [3.8, 4) is 5.88 Å². The van der Waals surface area contributed by atoms with Crippen LogP contribution in [-0.4, -0.2) is 42.2 Å². The van der Waals surface area contributed by atoms with Crippen molar-refractivity contribution in [2.75, 3.05) is 32.2 Å². The lowest BCUT2D eigenvalue weighted by atomic mass is 10.3. The fourth-order valence-corrected chi connectivity index (χ4v) is 1.68. The van der Waals surface area contributed by atoms with Gasteiger partial charge in [0.05, 0.1) is 18.6 Å². The number of hydrogen-bond donors (Lipinski definition) is 1. The second-order valence-electron chi connectivity index (χ2n) is 3.87. The highest BCUT2D eigenvalue weighted by molar-refractivity contribution is 6.20. The number of rotatable bonds is 8. The molecular weight excluding hydrogens is 254 g/mol. The minimum Gasteiger partial charge on any atom is -0.478 e. The van der Waals surface area contributed by atoms with Gasteiger partial charge in [0, 0.05) is 25.4 Å². The predicted molar refractivity (Wildman–Crippen MR) is 72.6 cm³/mol. The SMILES string of the molecule is CCOc1cc(C)nc(NCCC(Cl)COC)n1. The van der Waals surface area contributed by atoms with E-state index in [-0.39, 0.29) is 5.38 Å². The molecule has 1 atom stereocenters. The third kappa shape index (κ3) is 5.51. The first-order valence-corrected chi connectivity index (χ1v) is 6.44. The molecule has 1 aromatic heterocycles. The summed E-state index contributed by atoms with van der Waals surface area (Å²) in [7, 11) is 1.64. The van der Waals surface area contributed by atoms with Gasteiger partial charge in [-0.05, 0) is 20.3 Å². The quantitative estimate of drug-likeness (QED) is 0.736. The maximum Gasteiger partial charge on any atom is 0.226 e. The van der Waals surface area contributed by atoms with Gasteiger partial charge in [-0.2, -0.15) is 4.98 Å². The van der Waals surface area contributed by atoms with Crippen molar-refractivity contribution in [2.45, 2.75) is 25.6 Å². The summed E-state index contributed by atoms with van der Waals surface area (Å²) in [6.45, 7) is 5.67. The van der Waals surface area contributed by atoms with Crippen LogP contribution >= 0.6 is 11.6 Å². The number of aromatic nitrogens is 2. The Kier molecular flexibility index (Phi) is 6.75. The number of methoxy groups -OCH3 is 1. The molecule has 0 aliphatic carbocycles. The van der Waals surface area contributed by atoms with Crippen LogP contribution in [0.25, 0.3) is 0 Å². The first-order chi connectivity index (χ1) is 8.65. The van der Waals surface area contributed by atoms with E-state index in [0.717, 1.165) is 12.1 Å². The average molecular weight is 274 g/mol. The van der Waals surface area contributed by atoms with Crippen molar-refractivity contribution in [3.63, 3.8) is 0 Å². The molecule has 0 amide bonds. The molecule has 0 saturated carbocycles. The molecular formula is C12H20ClN3O2. The largest absolute Gasteiger partial charge is 0.478 e. The lowest BCUT2D eigenvalue weighted by Crippen LogP contribution is -2.15. The Bertz CT molecular complexity index is 363. The van der Waals surface area contributed by atoms with Crippen LogP contribution < -0.4 is 10.1 Å². The molecule has 5 nitrogen and oxygen atoms in total. The molecule has 18 heavy (non-hydrogen) atoms. The first-order valence-electron chi connectivity index (χ1n) is 6.01. The summed E-state index contributed by atoms with van der Waals surface area (Å²) in [6.07, 6.45) is 0.788. The van der Waals surface area contributed by atoms with E-state index >= 15 is 0 Å². The van der Waals surface area contributed by atoms with Crippen molar-refractivity contribution >= 4 is 17.5 Å². The van der Waals surface area contributed by atoms with Gasteiger partial charge in [0.15, 0.2) is 0 Å². The number of halogens is 1. The van der Waals surface area contributed by atoms with Crippen LogP contribution in [0.2, 0.25) is 0 Å². The van der Waals surface area contributed by atoms with E-state index in [4.69, 9.17) is 21.1 Å². The molecule has 0 fully saturated rings. The average Bonchev–Trinajstić information content (AvgIpc) is 2.29. The molecule has 1 rings (SSSR count). The van der Waals surface area contributed by atoms with E-state index in [1.807, 2.05) is 19.9 Å². The zero-order valence-electron chi connectivity index (χ0n) is 11.1. The van der Waals surface area contributed by atoms with Crippen LogP contribution in [0, 0.1) is 6.92 Å². The van der Waals surface area contributed by atoms with Gasteiger partial charge in [-0.3, -0.25) is 0 Å². The summed E-state index contributed by atoms with van der Waals surface area (Å²) in [5, 5.41) is 3.13. The molecule has 0 aliphatic rings. The van der Waals surface area contributed by atoms with Crippen LogP contribution in [-0.2, 0) is 4.74 Å². The molecule has 1 heterocycles. The zero-order valence-corrected chi connectivity index (χ0v) is 11.8. The van der Waals surface area contributed by atoms with Gasteiger partial charge in [0.1, 0.15) is 0 Å². The molecule has 0 aliphatic heterocycles. The van der Waals surface area contributed by atoms with Gasteiger partial charge < -0.3 is 14.8 Å². The Morgan fingerprint density at radius 1 is 1.44 bits per heavy atom. The minimum absolute atomic E-state index is 0.00123. The third-order valence-electron chi connectivity index (χ3n) is 2.21. The monoisotopic (exact) mass is 273 g/mol. The summed E-state index contributed by atoms with van der Waals surface area (Å²) in [5.41, 5.74) is 0.871. The molecule has 6 heteroatoms. The van der Waals surface area contributed by atoms with E-state index in [2.05, 4.69) is 15.3 Å². The van der Waals surface area contributed by atoms with E-state index in [9.17, 15) is 0 Å². The Morgan fingerprint density at radius 2 is 2.22 bits per heavy atom. The first kappa shape index (κ1) is 15.0. The van der Waals surface area contributed by atoms with E-state index in [1.165, 1.54) is 0 Å². The number of nitrogens with zero attached hydrogens (tertiary/aromatic N) is 2. The summed E-state index contributed by atoms with van der Waals surface area (Å²) in [6, 6.07) is 1.81. The number of anilines is 1. The topological polar surface area (TPSA) is 56.3 Å². The highest BCUT2D eigenvalue weighted by atomic mass is 35.5. The number of alkyl halides is 1. The molecule has 1 N–H and O–H groups in total. The third-order valence-corrected chi connectivity index (χ3v) is 2.56. The zero-order chi connectivity index (χ0) is 13.4. The van der Waals surface area contributed by atoms with Crippen molar-refractivity contribution < 1.29 is 9.47 Å². The van der Waals surface area contributed by atoms with E-state index in [1.54, 1.807) is 7.11 Å². The fraction of sp³-hybridized carbons (Fsp3) is 0.667. The molecule has 0 spiro atoms. The standard InChI is InChI=1S/C12H20ClN3O2/c1-4-18-11-7-9(2)15-12(16-11)14-6-5-10(13)8-17-3/h7,10H,4-6,8H2,1-3H3,(H,14,15,16). The number of nitrogens with one attached hydrogen (secondary N) is 1. The lowest BCUT2D eigenvalue weighted by Gasteiger charge is -2.10. The van der Waals surface area contributed by atoms with Gasteiger partial charge in [-0.1, -0.05) is 0 Å². The lowest BCUT2D eigenvalue weighted by molar-refractivity contribution is 0.196. The molecule has 102 valence electrons. The van der Waals surface area contributed by atoms with E-state index < -0.39 is 0 Å². The molecule has 0 saturated heterocycles. The van der Waals surface area contributed by atoms with Gasteiger partial charge in [0.25, 0.3) is 0 Å². The molecule has 1 aromatic rings. The Labute approximate surface area is 113 Å². The predicted octanol–water partition coefficient (Wildman–Crippen LogP) is 2.24. The number of hydrogen-bond acceptors (Lipinski definition) is 5. The molecule has 1 unspecified atom stereocenters. The second kappa shape index (κ2) is 8.11. The summed E-state index contributed by atoms with van der Waals surface area (Å²) in [5.74, 6) is 1.16. The Hall–Kier alpha value is -1.07. The van der Waals surface area contributed by atoms with Gasteiger partial charge >= 0.3 is 0 Å². The number of aryl methyl sites for hydroxylation is 1. The summed E-state index contributed by atoms with van der Waals surface area (Å²) >= 11 is 6.03. The van der Waals surface area contributed by atoms with Crippen molar-refractivity contribution in [2.24, 2.45) is 0 Å². The fourth-order valence-electron chi connectivity index (χ4n) is 1.45. The van der Waals surface area contributed by atoms with Crippen LogP contribution in [0.5, 0.6) is 5.88 Å². The maximum atomic E-state index is 6.03. The van der Waals surface area contributed by atoms with Gasteiger partial charge in [-0.25, -0.2) is 4.98 Å². The van der Waals surface area contributed by atoms with Crippen LogP contribution in [0.15, 0.2) is 6.07 Å². The smallest absolute Gasteiger partial charge is 0.226 e. The van der Waals surface area contributed by atoms with Crippen molar-refractivity contribution in [1.29, 1.82) is 0 Å². The second-order valence-corrected chi connectivity index (χ2v) is 4.49. The summed E-state index contributed by atoms with van der Waals surface area (Å²) < 4.78 is 10.3. The van der Waals surface area contributed by atoms with Crippen molar-refractivity contribution in [1.82, 2.24) is 9.97 Å². The van der Waals surface area contributed by atoms with Crippen molar-refractivity contribution in [3.05, 3.63) is 11.8 Å². The van der Waals surface area contributed by atoms with E-state index in [0.29, 0.717) is 31.6 Å². The van der Waals surface area contributed by atoms with Crippen LogP contribution in [0.3, 0.4) is 0 Å². The Morgan fingerprint density at radius 3 is 2.89 bits per heavy atom. The molecule has 0 radical (unpaired) electrons. The highest BCUT2D eigenvalue weighted by Crippen LogP contribution is 2.12. The van der Waals surface area contributed by atoms with Crippen LogP contribution in [0.4, 0.5) is 5.95 Å². The van der Waals surface area contributed by atoms with Gasteiger partial charge in [0.2, 0.25) is 11.8 Å². The Balaban J connectivity index is 2.46. The highest BCUT2D eigenvalue weighted by Gasteiger charge is 2.05. The summed E-state index contributed by atoms with van der Waals surface area (Å²) in [4.78, 5) is 8.53. The maximum absolute atomic E-state index is 6.03. The normalized spacial score (nSPS) is 12.2. The number of ether oxygens (including phenoxy) is 2. The van der Waals surface area contributed by atoms with Gasteiger partial charge in [-0.15, -0.1) is 11.6 Å². The van der Waals surface area contributed by atoms with Crippen LogP contribution in [0.1, 0.15) is 19.0 Å². The molecule has 0 aromatic carbocycles. The minimum atomic E-state index is -0.00123. The molecule has 0 bridgehead atoms.